The van der Waals surface area contributed by atoms with Crippen LogP contribution in [-0.2, 0) is 11.3 Å². The predicted octanol–water partition coefficient (Wildman–Crippen LogP) is 4.28. The van der Waals surface area contributed by atoms with Crippen LogP contribution in [0.25, 0.3) is 11.5 Å². The maximum absolute atomic E-state index is 6.04. The van der Waals surface area contributed by atoms with Gasteiger partial charge in [0.2, 0.25) is 5.89 Å². The molecule has 1 aromatic carbocycles. The Kier molecular flexibility index (Phi) is 6.39. The molecular weight excluding hydrogens is 491 g/mol. The molecule has 1 aromatic heterocycles. The highest BCUT2D eigenvalue weighted by molar-refractivity contribution is 14.0. The molecule has 0 radical (unpaired) electrons. The lowest BCUT2D eigenvalue weighted by Gasteiger charge is -2.63. The predicted molar refractivity (Wildman–Crippen MR) is 128 cm³/mol. The van der Waals surface area contributed by atoms with Gasteiger partial charge in [0.05, 0.1) is 12.6 Å². The van der Waals surface area contributed by atoms with E-state index in [0.29, 0.717) is 35.9 Å². The van der Waals surface area contributed by atoms with Crippen molar-refractivity contribution in [1.29, 1.82) is 0 Å². The summed E-state index contributed by atoms with van der Waals surface area (Å²) < 4.78 is 11.7. The van der Waals surface area contributed by atoms with Crippen molar-refractivity contribution in [1.82, 2.24) is 15.6 Å². The Morgan fingerprint density at radius 1 is 1.27 bits per heavy atom. The van der Waals surface area contributed by atoms with Crippen molar-refractivity contribution >= 4 is 29.9 Å². The van der Waals surface area contributed by atoms with Gasteiger partial charge >= 0.3 is 0 Å². The lowest BCUT2D eigenvalue weighted by atomic mass is 9.46. The fourth-order valence-electron chi connectivity index (χ4n) is 5.29. The summed E-state index contributed by atoms with van der Waals surface area (Å²) in [5.41, 5.74) is 3.39. The van der Waals surface area contributed by atoms with Crippen molar-refractivity contribution in [3.8, 4) is 11.5 Å². The standard InChI is InChI=1S/C23H30N4O2.HI/c1-3-24-22(27-19-18-9-12-28-20(18)23(19)10-4-11-23)25-13-17-14-29-21(26-17)16-7-5-15(2)6-8-16;/h5-8,14,18-20H,3-4,9-13H2,1-2H3,(H2,24,25,27);1H. The third kappa shape index (κ3) is 3.75. The van der Waals surface area contributed by atoms with Gasteiger partial charge in [0.25, 0.3) is 0 Å². The van der Waals surface area contributed by atoms with E-state index in [1.54, 1.807) is 6.26 Å². The molecule has 30 heavy (non-hydrogen) atoms. The van der Waals surface area contributed by atoms with E-state index in [4.69, 9.17) is 14.1 Å². The van der Waals surface area contributed by atoms with Gasteiger partial charge in [0.15, 0.2) is 5.96 Å². The molecule has 3 unspecified atom stereocenters. The molecule has 162 valence electrons. The maximum atomic E-state index is 6.04. The summed E-state index contributed by atoms with van der Waals surface area (Å²) >= 11 is 0. The molecule has 1 spiro atoms. The van der Waals surface area contributed by atoms with Crippen molar-refractivity contribution in [3.63, 3.8) is 0 Å². The zero-order chi connectivity index (χ0) is 19.8. The van der Waals surface area contributed by atoms with Gasteiger partial charge in [-0.2, -0.15) is 0 Å². The number of ether oxygens (including phenoxy) is 1. The number of fused-ring (bicyclic) bond motifs is 2. The van der Waals surface area contributed by atoms with Crippen LogP contribution < -0.4 is 10.6 Å². The summed E-state index contributed by atoms with van der Waals surface area (Å²) in [5.74, 6) is 2.14. The average Bonchev–Trinajstić information content (AvgIpc) is 3.32. The number of nitrogens with one attached hydrogen (secondary N) is 2. The zero-order valence-corrected chi connectivity index (χ0v) is 20.0. The number of benzene rings is 1. The second-order valence-corrected chi connectivity index (χ2v) is 8.66. The van der Waals surface area contributed by atoms with Gasteiger partial charge in [0.1, 0.15) is 12.0 Å². The smallest absolute Gasteiger partial charge is 0.226 e. The Balaban J connectivity index is 0.00000218. The van der Waals surface area contributed by atoms with Gasteiger partial charge in [-0.1, -0.05) is 24.1 Å². The molecular formula is C23H31IN4O2. The van der Waals surface area contributed by atoms with E-state index in [0.717, 1.165) is 36.8 Å². The summed E-state index contributed by atoms with van der Waals surface area (Å²) in [4.78, 5) is 9.41. The lowest BCUT2D eigenvalue weighted by Crippen LogP contribution is -2.72. The largest absolute Gasteiger partial charge is 0.444 e. The Bertz CT molecular complexity index is 891. The van der Waals surface area contributed by atoms with Crippen molar-refractivity contribution in [3.05, 3.63) is 41.8 Å². The normalized spacial score (nSPS) is 26.3. The molecule has 2 saturated carbocycles. The molecule has 3 fully saturated rings. The first-order valence-corrected chi connectivity index (χ1v) is 10.9. The molecule has 1 saturated heterocycles. The Morgan fingerprint density at radius 3 is 2.77 bits per heavy atom. The highest BCUT2D eigenvalue weighted by atomic mass is 127. The number of halogens is 1. The molecule has 0 bridgehead atoms. The summed E-state index contributed by atoms with van der Waals surface area (Å²) in [5, 5.41) is 7.14. The highest BCUT2D eigenvalue weighted by Gasteiger charge is 2.66. The summed E-state index contributed by atoms with van der Waals surface area (Å²) in [6, 6.07) is 8.68. The third-order valence-electron chi connectivity index (χ3n) is 6.92. The van der Waals surface area contributed by atoms with Crippen LogP contribution in [0.15, 0.2) is 39.9 Å². The Labute approximate surface area is 195 Å². The summed E-state index contributed by atoms with van der Waals surface area (Å²) in [7, 11) is 0. The van der Waals surface area contributed by atoms with E-state index in [1.165, 1.54) is 24.8 Å². The van der Waals surface area contributed by atoms with Gasteiger partial charge < -0.3 is 19.8 Å². The van der Waals surface area contributed by atoms with Crippen LogP contribution in [-0.4, -0.2) is 36.2 Å². The number of rotatable bonds is 5. The van der Waals surface area contributed by atoms with Crippen LogP contribution in [0.5, 0.6) is 0 Å². The fourth-order valence-corrected chi connectivity index (χ4v) is 5.29. The van der Waals surface area contributed by atoms with Crippen LogP contribution >= 0.6 is 24.0 Å². The summed E-state index contributed by atoms with van der Waals surface area (Å²) in [6.45, 7) is 6.41. The molecule has 3 aliphatic rings. The van der Waals surface area contributed by atoms with Gasteiger partial charge in [-0.25, -0.2) is 9.98 Å². The van der Waals surface area contributed by atoms with Gasteiger partial charge in [-0.15, -0.1) is 24.0 Å². The number of nitrogens with zero attached hydrogens (tertiary/aromatic N) is 2. The van der Waals surface area contributed by atoms with Crippen molar-refractivity contribution in [2.45, 2.75) is 58.2 Å². The quantitative estimate of drug-likeness (QED) is 0.349. The monoisotopic (exact) mass is 522 g/mol. The zero-order valence-electron chi connectivity index (χ0n) is 17.7. The van der Waals surface area contributed by atoms with Crippen molar-refractivity contribution in [2.75, 3.05) is 13.2 Å². The first kappa shape index (κ1) is 21.6. The molecule has 5 rings (SSSR count). The van der Waals surface area contributed by atoms with E-state index in [-0.39, 0.29) is 24.0 Å². The number of hydrogen-bond acceptors (Lipinski definition) is 4. The summed E-state index contributed by atoms with van der Waals surface area (Å²) in [6.07, 6.45) is 7.19. The van der Waals surface area contributed by atoms with Crippen LogP contribution in [0, 0.1) is 18.3 Å². The molecule has 3 atom stereocenters. The lowest BCUT2D eigenvalue weighted by molar-refractivity contribution is -0.171. The van der Waals surface area contributed by atoms with E-state index in [1.807, 2.05) is 12.1 Å². The first-order valence-electron chi connectivity index (χ1n) is 10.9. The number of aliphatic imine (C=N–C) groups is 1. The van der Waals surface area contributed by atoms with Gasteiger partial charge in [-0.3, -0.25) is 0 Å². The minimum absolute atomic E-state index is 0. The van der Waals surface area contributed by atoms with Crippen LogP contribution in [0.4, 0.5) is 0 Å². The van der Waals surface area contributed by atoms with E-state index in [9.17, 15) is 0 Å². The average molecular weight is 522 g/mol. The minimum atomic E-state index is 0. The second kappa shape index (κ2) is 8.86. The minimum Gasteiger partial charge on any atom is -0.444 e. The second-order valence-electron chi connectivity index (χ2n) is 8.66. The highest BCUT2D eigenvalue weighted by Crippen LogP contribution is 2.62. The maximum Gasteiger partial charge on any atom is 0.226 e. The topological polar surface area (TPSA) is 71.7 Å². The van der Waals surface area contributed by atoms with Crippen molar-refractivity contribution in [2.24, 2.45) is 16.3 Å². The number of aryl methyl sites for hydroxylation is 1. The van der Waals surface area contributed by atoms with Gasteiger partial charge in [-0.05, 0) is 45.2 Å². The van der Waals surface area contributed by atoms with Crippen LogP contribution in [0.2, 0.25) is 0 Å². The molecule has 2 aliphatic carbocycles. The Hall–Kier alpha value is -1.61. The van der Waals surface area contributed by atoms with Gasteiger partial charge in [0, 0.05) is 36.1 Å². The molecule has 2 N–H and O–H groups in total. The number of aromatic nitrogens is 1. The molecule has 2 aromatic rings. The Morgan fingerprint density at radius 2 is 2.07 bits per heavy atom. The molecule has 0 amide bonds. The van der Waals surface area contributed by atoms with Crippen molar-refractivity contribution < 1.29 is 9.15 Å². The molecule has 6 nitrogen and oxygen atoms in total. The fraction of sp³-hybridized carbons (Fsp3) is 0.565. The molecule has 7 heteroatoms. The molecule has 2 heterocycles. The first-order chi connectivity index (χ1) is 14.2. The number of guanidine groups is 1. The van der Waals surface area contributed by atoms with E-state index < -0.39 is 0 Å². The van der Waals surface area contributed by atoms with E-state index >= 15 is 0 Å². The SMILES string of the molecule is CCNC(=NCc1coc(-c2ccc(C)cc2)n1)NC1C2CCOC2C12CCC2.I. The van der Waals surface area contributed by atoms with E-state index in [2.05, 4.69) is 41.6 Å². The molecule has 1 aliphatic heterocycles. The number of hydrogen-bond donors (Lipinski definition) is 2. The van der Waals surface area contributed by atoms with Crippen LogP contribution in [0.3, 0.4) is 0 Å². The van der Waals surface area contributed by atoms with Crippen LogP contribution in [0.1, 0.15) is 43.9 Å². The third-order valence-corrected chi connectivity index (χ3v) is 6.92. The number of oxazole rings is 1.